The van der Waals surface area contributed by atoms with Crippen LogP contribution in [0.5, 0.6) is 0 Å². The number of hydrogen-bond acceptors (Lipinski definition) is 2. The number of thioether (sulfide) groups is 1. The Morgan fingerprint density at radius 2 is 1.82 bits per heavy atom. The number of alkyl halides is 3. The topological polar surface area (TPSA) is 17.1 Å². The Bertz CT molecular complexity index is 384. The van der Waals surface area contributed by atoms with Crippen molar-refractivity contribution in [3.8, 4) is 0 Å². The van der Waals surface area contributed by atoms with Crippen molar-refractivity contribution >= 4 is 17.5 Å². The van der Waals surface area contributed by atoms with Crippen molar-refractivity contribution in [3.05, 3.63) is 29.8 Å². The zero-order chi connectivity index (χ0) is 13.1. The van der Waals surface area contributed by atoms with E-state index >= 15 is 0 Å². The second kappa shape index (κ2) is 5.58. The minimum absolute atomic E-state index is 0.333. The van der Waals surface area contributed by atoms with E-state index < -0.39 is 24.3 Å². The fourth-order valence-corrected chi connectivity index (χ4v) is 1.89. The van der Waals surface area contributed by atoms with Crippen LogP contribution in [-0.4, -0.2) is 18.2 Å². The number of carbonyl (C=O) groups excluding carboxylic acids is 1. The van der Waals surface area contributed by atoms with Crippen LogP contribution in [0.4, 0.5) is 13.2 Å². The van der Waals surface area contributed by atoms with Crippen LogP contribution in [0.15, 0.2) is 29.2 Å². The predicted molar refractivity (Wildman–Crippen MR) is 62.4 cm³/mol. The molecule has 0 saturated carbocycles. The van der Waals surface area contributed by atoms with Crippen molar-refractivity contribution < 1.29 is 18.0 Å². The molecule has 0 bridgehead atoms. The number of Topliss-reactive ketones (excluding diaryl/α,β-unsaturated/α-hetero) is 1. The molecule has 0 heterocycles. The third-order valence-corrected chi connectivity index (χ3v) is 3.10. The molecule has 0 fully saturated rings. The van der Waals surface area contributed by atoms with E-state index in [1.165, 1.54) is 18.7 Å². The highest BCUT2D eigenvalue weighted by molar-refractivity contribution is 7.98. The number of carbonyl (C=O) groups is 1. The lowest BCUT2D eigenvalue weighted by Gasteiger charge is -2.13. The van der Waals surface area contributed by atoms with Crippen molar-refractivity contribution in [2.75, 3.05) is 6.26 Å². The molecule has 5 heteroatoms. The van der Waals surface area contributed by atoms with Crippen LogP contribution in [0, 0.1) is 5.92 Å². The quantitative estimate of drug-likeness (QED) is 0.598. The molecule has 1 aromatic carbocycles. The fourth-order valence-electron chi connectivity index (χ4n) is 1.48. The molecule has 0 spiro atoms. The van der Waals surface area contributed by atoms with Gasteiger partial charge in [0, 0.05) is 16.4 Å². The fraction of sp³-hybridized carbons (Fsp3) is 0.417. The van der Waals surface area contributed by atoms with Gasteiger partial charge < -0.3 is 0 Å². The maximum Gasteiger partial charge on any atom is 0.389 e. The maximum atomic E-state index is 12.1. The zero-order valence-corrected chi connectivity index (χ0v) is 10.4. The summed E-state index contributed by atoms with van der Waals surface area (Å²) in [6, 6.07) is 6.61. The first kappa shape index (κ1) is 14.1. The summed E-state index contributed by atoms with van der Waals surface area (Å²) in [4.78, 5) is 12.7. The smallest absolute Gasteiger partial charge is 0.294 e. The van der Waals surface area contributed by atoms with Gasteiger partial charge in [-0.15, -0.1) is 11.8 Å². The van der Waals surface area contributed by atoms with Crippen LogP contribution in [0.2, 0.25) is 0 Å². The van der Waals surface area contributed by atoms with Gasteiger partial charge in [0.2, 0.25) is 0 Å². The molecule has 0 saturated heterocycles. The number of rotatable bonds is 4. The van der Waals surface area contributed by atoms with Gasteiger partial charge in [-0.3, -0.25) is 4.79 Å². The van der Waals surface area contributed by atoms with E-state index in [4.69, 9.17) is 0 Å². The SMILES string of the molecule is CSc1ccc(C(=O)C(C)CC(F)(F)F)cc1. The van der Waals surface area contributed by atoms with Crippen LogP contribution < -0.4 is 0 Å². The molecular weight excluding hydrogens is 249 g/mol. The molecule has 1 aromatic rings. The monoisotopic (exact) mass is 262 g/mol. The molecule has 0 radical (unpaired) electrons. The second-order valence-corrected chi connectivity index (χ2v) is 4.69. The van der Waals surface area contributed by atoms with E-state index in [0.717, 1.165) is 4.90 Å². The maximum absolute atomic E-state index is 12.1. The lowest BCUT2D eigenvalue weighted by Crippen LogP contribution is -2.20. The first-order valence-corrected chi connectivity index (χ1v) is 6.31. The van der Waals surface area contributed by atoms with Gasteiger partial charge in [0.15, 0.2) is 5.78 Å². The third kappa shape index (κ3) is 4.42. The van der Waals surface area contributed by atoms with E-state index in [-0.39, 0.29) is 0 Å². The first-order chi connectivity index (χ1) is 7.83. The molecule has 0 aromatic heterocycles. The molecule has 0 aliphatic rings. The Morgan fingerprint density at radius 1 is 1.29 bits per heavy atom. The summed E-state index contributed by atoms with van der Waals surface area (Å²) in [6.07, 6.45) is -3.48. The van der Waals surface area contributed by atoms with E-state index in [0.29, 0.717) is 5.56 Å². The largest absolute Gasteiger partial charge is 0.389 e. The van der Waals surface area contributed by atoms with Crippen molar-refractivity contribution in [2.45, 2.75) is 24.4 Å². The Hall–Kier alpha value is -0.970. The molecule has 1 nitrogen and oxygen atoms in total. The highest BCUT2D eigenvalue weighted by atomic mass is 32.2. The van der Waals surface area contributed by atoms with E-state index in [1.54, 1.807) is 24.3 Å². The van der Waals surface area contributed by atoms with Crippen molar-refractivity contribution in [1.29, 1.82) is 0 Å². The normalized spacial score (nSPS) is 13.5. The Labute approximate surface area is 102 Å². The van der Waals surface area contributed by atoms with Gasteiger partial charge in [0.05, 0.1) is 6.42 Å². The number of benzene rings is 1. The van der Waals surface area contributed by atoms with Gasteiger partial charge in [0.25, 0.3) is 0 Å². The van der Waals surface area contributed by atoms with Gasteiger partial charge >= 0.3 is 6.18 Å². The molecule has 94 valence electrons. The van der Waals surface area contributed by atoms with Crippen LogP contribution in [0.3, 0.4) is 0 Å². The van der Waals surface area contributed by atoms with Gasteiger partial charge in [-0.05, 0) is 18.4 Å². The Kier molecular flexibility index (Phi) is 4.62. The lowest BCUT2D eigenvalue weighted by molar-refractivity contribution is -0.140. The summed E-state index contributed by atoms with van der Waals surface area (Å²) in [7, 11) is 0. The van der Waals surface area contributed by atoms with Crippen molar-refractivity contribution in [3.63, 3.8) is 0 Å². The van der Waals surface area contributed by atoms with Crippen molar-refractivity contribution in [1.82, 2.24) is 0 Å². The van der Waals surface area contributed by atoms with Crippen LogP contribution in [-0.2, 0) is 0 Å². The molecule has 1 rings (SSSR count). The van der Waals surface area contributed by atoms with Crippen LogP contribution in [0.1, 0.15) is 23.7 Å². The van der Waals surface area contributed by atoms with E-state index in [2.05, 4.69) is 0 Å². The number of halogens is 3. The highest BCUT2D eigenvalue weighted by Gasteiger charge is 2.33. The molecular formula is C12H13F3OS. The minimum atomic E-state index is -4.30. The number of ketones is 1. The summed E-state index contributed by atoms with van der Waals surface area (Å²) in [5.74, 6) is -1.50. The lowest BCUT2D eigenvalue weighted by atomic mass is 9.96. The molecule has 0 amide bonds. The Morgan fingerprint density at radius 3 is 2.24 bits per heavy atom. The van der Waals surface area contributed by atoms with E-state index in [1.807, 2.05) is 6.26 Å². The number of hydrogen-bond donors (Lipinski definition) is 0. The summed E-state index contributed by atoms with van der Waals surface area (Å²) >= 11 is 1.52. The molecule has 17 heavy (non-hydrogen) atoms. The van der Waals surface area contributed by atoms with Gasteiger partial charge in [0.1, 0.15) is 0 Å². The summed E-state index contributed by atoms with van der Waals surface area (Å²) < 4.78 is 36.4. The average Bonchev–Trinajstić information content (AvgIpc) is 2.26. The molecule has 0 N–H and O–H groups in total. The van der Waals surface area contributed by atoms with Gasteiger partial charge in [-0.25, -0.2) is 0 Å². The van der Waals surface area contributed by atoms with Gasteiger partial charge in [-0.1, -0.05) is 19.1 Å². The summed E-state index contributed by atoms with van der Waals surface area (Å²) in [5, 5.41) is 0. The summed E-state index contributed by atoms with van der Waals surface area (Å²) in [6.45, 7) is 1.30. The second-order valence-electron chi connectivity index (χ2n) is 3.81. The molecule has 0 aliphatic carbocycles. The molecule has 1 atom stereocenters. The molecule has 1 unspecified atom stereocenters. The average molecular weight is 262 g/mol. The summed E-state index contributed by atoms with van der Waals surface area (Å²) in [5.41, 5.74) is 0.333. The standard InChI is InChI=1S/C12H13F3OS/c1-8(7-12(13,14)15)11(16)9-3-5-10(17-2)6-4-9/h3-6,8H,7H2,1-2H3. The van der Waals surface area contributed by atoms with Crippen LogP contribution in [0.25, 0.3) is 0 Å². The van der Waals surface area contributed by atoms with Gasteiger partial charge in [-0.2, -0.15) is 13.2 Å². The zero-order valence-electron chi connectivity index (χ0n) is 9.54. The van der Waals surface area contributed by atoms with E-state index in [9.17, 15) is 18.0 Å². The third-order valence-electron chi connectivity index (χ3n) is 2.36. The first-order valence-electron chi connectivity index (χ1n) is 5.08. The predicted octanol–water partition coefficient (Wildman–Crippen LogP) is 4.18. The Balaban J connectivity index is 2.75. The van der Waals surface area contributed by atoms with Crippen LogP contribution >= 0.6 is 11.8 Å². The molecule has 0 aliphatic heterocycles. The van der Waals surface area contributed by atoms with Crippen molar-refractivity contribution in [2.24, 2.45) is 5.92 Å². The minimum Gasteiger partial charge on any atom is -0.294 e. The highest BCUT2D eigenvalue weighted by Crippen LogP contribution is 2.27.